The first-order chi connectivity index (χ1) is 13.5. The molecule has 4 atom stereocenters. The van der Waals surface area contributed by atoms with Gasteiger partial charge in [-0.25, -0.2) is 0 Å². The van der Waals surface area contributed by atoms with Gasteiger partial charge in [-0.05, 0) is 36.0 Å². The Morgan fingerprint density at radius 1 is 1.29 bits per heavy atom. The fourth-order valence-electron chi connectivity index (χ4n) is 4.10. The van der Waals surface area contributed by atoms with Crippen LogP contribution in [-0.2, 0) is 4.57 Å². The fraction of sp³-hybridized carbons (Fsp3) is 0.571. The molecule has 1 aromatic heterocycles. The average Bonchev–Trinajstić information content (AvgIpc) is 3.25. The highest BCUT2D eigenvalue weighted by molar-refractivity contribution is 7.38. The van der Waals surface area contributed by atoms with Gasteiger partial charge in [0.1, 0.15) is 0 Å². The molecule has 1 aliphatic carbocycles. The van der Waals surface area contributed by atoms with Crippen molar-refractivity contribution in [3.8, 4) is 11.3 Å². The zero-order chi connectivity index (χ0) is 19.9. The second kappa shape index (κ2) is 10.3. The predicted molar refractivity (Wildman–Crippen MR) is 109 cm³/mol. The smallest absolute Gasteiger partial charge is 0.392 e. The standard InChI is InChI=1S/C21H29N2O4P/c1-15(17-8-5-9-18(12-17)20-10-11-23-27-20)22-14-19(24)13-21(28(25)26)16-6-3-2-4-7-16/h5,8-12,15-16,19,21-22,24H,2-4,6-7,13-14H2,1H3/p+1/t15?,19-,21?/m0/s1. The third kappa shape index (κ3) is 5.71. The van der Waals surface area contributed by atoms with Gasteiger partial charge in [0.25, 0.3) is 0 Å². The van der Waals surface area contributed by atoms with Gasteiger partial charge in [-0.1, -0.05) is 42.6 Å². The molecule has 0 radical (unpaired) electrons. The number of nitrogens with zero attached hydrogens (tertiary/aromatic N) is 1. The minimum atomic E-state index is -2.27. The number of aromatic nitrogens is 1. The molecule has 1 fully saturated rings. The third-order valence-corrected chi connectivity index (χ3v) is 6.96. The highest BCUT2D eigenvalue weighted by Gasteiger charge is 2.39. The number of aliphatic hydroxyl groups excluding tert-OH is 1. The molecular formula is C21H30N2O4P+. The number of nitrogens with one attached hydrogen (secondary N) is 1. The topological polar surface area (TPSA) is 95.6 Å². The van der Waals surface area contributed by atoms with Crippen molar-refractivity contribution < 1.29 is 19.1 Å². The van der Waals surface area contributed by atoms with E-state index < -0.39 is 14.1 Å². The van der Waals surface area contributed by atoms with Crippen molar-refractivity contribution in [2.75, 3.05) is 6.54 Å². The fourth-order valence-corrected chi connectivity index (χ4v) is 5.18. The molecule has 1 aromatic carbocycles. The van der Waals surface area contributed by atoms with Crippen molar-refractivity contribution in [2.24, 2.45) is 5.92 Å². The van der Waals surface area contributed by atoms with Crippen LogP contribution < -0.4 is 5.32 Å². The second-order valence-electron chi connectivity index (χ2n) is 7.79. The molecular weight excluding hydrogens is 375 g/mol. The molecule has 28 heavy (non-hydrogen) atoms. The van der Waals surface area contributed by atoms with E-state index in [0.29, 0.717) is 13.0 Å². The van der Waals surface area contributed by atoms with E-state index in [2.05, 4.69) is 10.5 Å². The van der Waals surface area contributed by atoms with Crippen LogP contribution in [0.1, 0.15) is 57.1 Å². The van der Waals surface area contributed by atoms with E-state index in [-0.39, 0.29) is 17.6 Å². The van der Waals surface area contributed by atoms with Gasteiger partial charge in [0.2, 0.25) is 0 Å². The normalized spacial score (nSPS) is 19.2. The molecule has 3 N–H and O–H groups in total. The molecule has 6 nitrogen and oxygen atoms in total. The molecule has 0 saturated heterocycles. The van der Waals surface area contributed by atoms with Gasteiger partial charge in [0.15, 0.2) is 11.4 Å². The maximum Gasteiger partial charge on any atom is 0.509 e. The zero-order valence-corrected chi connectivity index (χ0v) is 17.2. The first kappa shape index (κ1) is 21.1. The molecule has 1 saturated carbocycles. The Morgan fingerprint density at radius 3 is 2.75 bits per heavy atom. The predicted octanol–water partition coefficient (Wildman–Crippen LogP) is 4.43. The molecule has 0 spiro atoms. The maximum atomic E-state index is 11.8. The first-order valence-corrected chi connectivity index (χ1v) is 11.4. The molecule has 3 unspecified atom stereocenters. The summed E-state index contributed by atoms with van der Waals surface area (Å²) in [4.78, 5) is 9.75. The third-order valence-electron chi connectivity index (χ3n) is 5.76. The summed E-state index contributed by atoms with van der Waals surface area (Å²) in [6, 6.07) is 9.87. The van der Waals surface area contributed by atoms with E-state index in [1.54, 1.807) is 6.20 Å². The number of rotatable bonds is 9. The van der Waals surface area contributed by atoms with Crippen molar-refractivity contribution in [3.05, 3.63) is 42.1 Å². The molecule has 2 aromatic rings. The Bertz CT molecular complexity index is 747. The second-order valence-corrected chi connectivity index (χ2v) is 9.06. The highest BCUT2D eigenvalue weighted by atomic mass is 31.1. The quantitative estimate of drug-likeness (QED) is 0.534. The summed E-state index contributed by atoms with van der Waals surface area (Å²) in [5.41, 5.74) is 1.73. The number of hydrogen-bond acceptors (Lipinski definition) is 5. The molecule has 1 aliphatic rings. The lowest BCUT2D eigenvalue weighted by atomic mass is 9.85. The van der Waals surface area contributed by atoms with Crippen molar-refractivity contribution in [2.45, 2.75) is 63.3 Å². The van der Waals surface area contributed by atoms with Gasteiger partial charge in [-0.2, -0.15) is 4.89 Å². The number of hydrogen-bond donors (Lipinski definition) is 3. The lowest BCUT2D eigenvalue weighted by molar-refractivity contribution is 0.144. The van der Waals surface area contributed by atoms with Gasteiger partial charge in [-0.15, -0.1) is 0 Å². The minimum Gasteiger partial charge on any atom is -0.392 e. The van der Waals surface area contributed by atoms with Crippen LogP contribution in [0.4, 0.5) is 0 Å². The summed E-state index contributed by atoms with van der Waals surface area (Å²) in [6.45, 7) is 2.43. The molecule has 3 rings (SSSR count). The number of aliphatic hydroxyl groups is 1. The summed E-state index contributed by atoms with van der Waals surface area (Å²) in [7, 11) is -2.27. The highest BCUT2D eigenvalue weighted by Crippen LogP contribution is 2.40. The summed E-state index contributed by atoms with van der Waals surface area (Å²) in [5.74, 6) is 0.976. The van der Waals surface area contributed by atoms with E-state index in [0.717, 1.165) is 42.6 Å². The summed E-state index contributed by atoms with van der Waals surface area (Å²) in [5, 5.41) is 17.6. The molecule has 1 heterocycles. The summed E-state index contributed by atoms with van der Waals surface area (Å²) in [6.07, 6.45) is 6.80. The molecule has 7 heteroatoms. The van der Waals surface area contributed by atoms with Crippen LogP contribution in [0.3, 0.4) is 0 Å². The molecule has 152 valence electrons. The van der Waals surface area contributed by atoms with E-state index in [1.165, 1.54) is 6.42 Å². The Hall–Kier alpha value is -1.59. The summed E-state index contributed by atoms with van der Waals surface area (Å²) < 4.78 is 17.1. The SMILES string of the molecule is CC(NC[C@@H](O)CC(C1CCCCC1)[P+](=O)O)c1cccc(-c2ccno2)c1. The van der Waals surface area contributed by atoms with Crippen LogP contribution in [-0.4, -0.2) is 33.5 Å². The zero-order valence-electron chi connectivity index (χ0n) is 16.3. The van der Waals surface area contributed by atoms with Crippen LogP contribution in [0.2, 0.25) is 0 Å². The molecule has 0 bridgehead atoms. The Labute approximate surface area is 167 Å². The summed E-state index contributed by atoms with van der Waals surface area (Å²) >= 11 is 0. The Balaban J connectivity index is 1.54. The Morgan fingerprint density at radius 2 is 2.07 bits per heavy atom. The van der Waals surface area contributed by atoms with Crippen molar-refractivity contribution in [1.29, 1.82) is 0 Å². The van der Waals surface area contributed by atoms with Gasteiger partial charge in [0.05, 0.1) is 12.3 Å². The molecule has 0 amide bonds. The van der Waals surface area contributed by atoms with Crippen LogP contribution in [0.5, 0.6) is 0 Å². The van der Waals surface area contributed by atoms with Gasteiger partial charge in [0, 0.05) is 36.6 Å². The van der Waals surface area contributed by atoms with E-state index >= 15 is 0 Å². The van der Waals surface area contributed by atoms with E-state index in [4.69, 9.17) is 4.52 Å². The largest absolute Gasteiger partial charge is 0.509 e. The number of benzene rings is 1. The van der Waals surface area contributed by atoms with E-state index in [9.17, 15) is 14.6 Å². The Kier molecular flexibility index (Phi) is 7.74. The van der Waals surface area contributed by atoms with E-state index in [1.807, 2.05) is 37.3 Å². The minimum absolute atomic E-state index is 0.0357. The van der Waals surface area contributed by atoms with Crippen molar-refractivity contribution in [3.63, 3.8) is 0 Å². The monoisotopic (exact) mass is 405 g/mol. The van der Waals surface area contributed by atoms with Crippen LogP contribution >= 0.6 is 8.03 Å². The average molecular weight is 405 g/mol. The van der Waals surface area contributed by atoms with Crippen LogP contribution in [0, 0.1) is 5.92 Å². The first-order valence-electron chi connectivity index (χ1n) is 10.1. The van der Waals surface area contributed by atoms with Crippen LogP contribution in [0.25, 0.3) is 11.3 Å². The van der Waals surface area contributed by atoms with Crippen LogP contribution in [0.15, 0.2) is 41.1 Å². The van der Waals surface area contributed by atoms with Gasteiger partial charge < -0.3 is 14.9 Å². The maximum absolute atomic E-state index is 11.8. The van der Waals surface area contributed by atoms with Gasteiger partial charge in [-0.3, -0.25) is 0 Å². The van der Waals surface area contributed by atoms with Crippen molar-refractivity contribution >= 4 is 8.03 Å². The molecule has 0 aliphatic heterocycles. The lowest BCUT2D eigenvalue weighted by Gasteiger charge is -2.25. The van der Waals surface area contributed by atoms with Gasteiger partial charge >= 0.3 is 8.03 Å². The van der Waals surface area contributed by atoms with Crippen molar-refractivity contribution in [1.82, 2.24) is 10.5 Å². The lowest BCUT2D eigenvalue weighted by Crippen LogP contribution is -2.33.